The molecule has 68 valence electrons. The molecule has 3 heteroatoms. The van der Waals surface area contributed by atoms with Crippen molar-refractivity contribution in [1.82, 2.24) is 9.97 Å². The Kier molecular flexibility index (Phi) is 1.36. The molecule has 0 unspecified atom stereocenters. The zero-order valence-electron chi connectivity index (χ0n) is 7.69. The van der Waals surface area contributed by atoms with E-state index in [1.54, 1.807) is 6.20 Å². The lowest BCUT2D eigenvalue weighted by atomic mass is 10.1. The highest BCUT2D eigenvalue weighted by Crippen LogP contribution is 2.26. The van der Waals surface area contributed by atoms with Crippen LogP contribution in [-0.4, -0.2) is 9.97 Å². The molecule has 0 amide bonds. The van der Waals surface area contributed by atoms with Gasteiger partial charge in [0, 0.05) is 11.6 Å². The van der Waals surface area contributed by atoms with Crippen molar-refractivity contribution >= 4 is 22.1 Å². The Balaban J connectivity index is 2.58. The van der Waals surface area contributed by atoms with E-state index in [9.17, 15) is 0 Å². The van der Waals surface area contributed by atoms with Crippen LogP contribution < -0.4 is 0 Å². The molecule has 0 saturated heterocycles. The van der Waals surface area contributed by atoms with Crippen LogP contribution in [0.25, 0.3) is 22.1 Å². The molecule has 0 N–H and O–H groups in total. The van der Waals surface area contributed by atoms with Gasteiger partial charge >= 0.3 is 0 Å². The van der Waals surface area contributed by atoms with E-state index in [1.807, 2.05) is 12.1 Å². The van der Waals surface area contributed by atoms with Gasteiger partial charge < -0.3 is 4.42 Å². The molecule has 3 nitrogen and oxygen atoms in total. The lowest BCUT2D eigenvalue weighted by Crippen LogP contribution is -1.75. The Morgan fingerprint density at radius 3 is 3.07 bits per heavy atom. The quantitative estimate of drug-likeness (QED) is 0.539. The van der Waals surface area contributed by atoms with Crippen molar-refractivity contribution < 1.29 is 4.42 Å². The first-order valence-corrected chi connectivity index (χ1v) is 4.43. The third-order valence-electron chi connectivity index (χ3n) is 2.31. The predicted octanol–water partition coefficient (Wildman–Crippen LogP) is 2.68. The maximum absolute atomic E-state index is 5.56. The van der Waals surface area contributed by atoms with E-state index < -0.39 is 0 Å². The van der Waals surface area contributed by atoms with Crippen LogP contribution in [0.15, 0.2) is 35.1 Å². The van der Waals surface area contributed by atoms with E-state index in [0.29, 0.717) is 5.71 Å². The highest BCUT2D eigenvalue weighted by atomic mass is 16.3. The maximum atomic E-state index is 5.56. The van der Waals surface area contributed by atoms with E-state index in [2.05, 4.69) is 23.0 Å². The van der Waals surface area contributed by atoms with Gasteiger partial charge in [-0.2, -0.15) is 0 Å². The van der Waals surface area contributed by atoms with Crippen LogP contribution in [-0.2, 0) is 0 Å². The number of benzene rings is 1. The molecule has 3 aromatic rings. The molecule has 0 fully saturated rings. The third kappa shape index (κ3) is 0.923. The van der Waals surface area contributed by atoms with Crippen molar-refractivity contribution in [3.8, 4) is 0 Å². The summed E-state index contributed by atoms with van der Waals surface area (Å²) in [6.07, 6.45) is 3.28. The molecule has 0 radical (unpaired) electrons. The predicted molar refractivity (Wildman–Crippen MR) is 54.0 cm³/mol. The number of hydrogen-bond donors (Lipinski definition) is 0. The van der Waals surface area contributed by atoms with Crippen molar-refractivity contribution in [3.05, 3.63) is 36.3 Å². The Bertz CT molecular complexity index is 613. The van der Waals surface area contributed by atoms with Crippen molar-refractivity contribution in [3.63, 3.8) is 0 Å². The number of nitrogens with zero attached hydrogens (tertiary/aromatic N) is 2. The molecule has 0 saturated carbocycles. The Hall–Kier alpha value is -1.90. The summed E-state index contributed by atoms with van der Waals surface area (Å²) >= 11 is 0. The topological polar surface area (TPSA) is 38.9 Å². The fourth-order valence-corrected chi connectivity index (χ4v) is 1.63. The summed E-state index contributed by atoms with van der Waals surface area (Å²) in [5.41, 5.74) is 2.73. The first kappa shape index (κ1) is 7.50. The molecule has 2 aromatic heterocycles. The first-order valence-electron chi connectivity index (χ1n) is 4.43. The Morgan fingerprint density at radius 2 is 2.14 bits per heavy atom. The molecule has 0 spiro atoms. The Morgan fingerprint density at radius 1 is 1.21 bits per heavy atom. The van der Waals surface area contributed by atoms with Crippen LogP contribution in [0.1, 0.15) is 5.56 Å². The Labute approximate surface area is 80.4 Å². The maximum Gasteiger partial charge on any atom is 0.230 e. The summed E-state index contributed by atoms with van der Waals surface area (Å²) in [5.74, 6) is 0. The van der Waals surface area contributed by atoms with Gasteiger partial charge in [-0.05, 0) is 19.1 Å². The fraction of sp³-hybridized carbons (Fsp3) is 0.0909. The average molecular weight is 184 g/mol. The third-order valence-corrected chi connectivity index (χ3v) is 2.31. The van der Waals surface area contributed by atoms with Crippen LogP contribution in [0.4, 0.5) is 0 Å². The van der Waals surface area contributed by atoms with E-state index in [0.717, 1.165) is 16.4 Å². The smallest absolute Gasteiger partial charge is 0.230 e. The van der Waals surface area contributed by atoms with Gasteiger partial charge in [-0.15, -0.1) is 0 Å². The molecule has 2 heterocycles. The van der Waals surface area contributed by atoms with Crippen LogP contribution in [0, 0.1) is 6.92 Å². The second kappa shape index (κ2) is 2.54. The van der Waals surface area contributed by atoms with Gasteiger partial charge in [0.15, 0.2) is 0 Å². The molecule has 1 aromatic carbocycles. The summed E-state index contributed by atoms with van der Waals surface area (Å²) < 4.78 is 5.56. The summed E-state index contributed by atoms with van der Waals surface area (Å²) in [5, 5.41) is 2.06. The average Bonchev–Trinajstić information content (AvgIpc) is 2.56. The number of fused-ring (bicyclic) bond motifs is 3. The van der Waals surface area contributed by atoms with Crippen LogP contribution in [0.5, 0.6) is 0 Å². The highest BCUT2D eigenvalue weighted by molar-refractivity contribution is 6.03. The fourth-order valence-electron chi connectivity index (χ4n) is 1.63. The molecule has 0 aliphatic rings. The second-order valence-electron chi connectivity index (χ2n) is 3.34. The molecule has 3 rings (SSSR count). The lowest BCUT2D eigenvalue weighted by Gasteiger charge is -1.90. The van der Waals surface area contributed by atoms with E-state index >= 15 is 0 Å². The summed E-state index contributed by atoms with van der Waals surface area (Å²) in [6.45, 7) is 2.06. The SMILES string of the molecule is Cc1ccc2oc3ncncc3c2c1. The molecular weight excluding hydrogens is 176 g/mol. The second-order valence-corrected chi connectivity index (χ2v) is 3.34. The normalized spacial score (nSPS) is 11.2. The molecule has 0 atom stereocenters. The van der Waals surface area contributed by atoms with E-state index in [4.69, 9.17) is 4.42 Å². The zero-order chi connectivity index (χ0) is 9.54. The van der Waals surface area contributed by atoms with Gasteiger partial charge in [0.2, 0.25) is 5.71 Å². The number of hydrogen-bond acceptors (Lipinski definition) is 3. The molecule has 0 bridgehead atoms. The standard InChI is InChI=1S/C11H8N2O/c1-7-2-3-10-8(4-7)9-5-12-6-13-11(9)14-10/h2-6H,1H3. The monoisotopic (exact) mass is 184 g/mol. The minimum absolute atomic E-state index is 0.653. The number of aryl methyl sites for hydroxylation is 1. The van der Waals surface area contributed by atoms with Crippen LogP contribution in [0.2, 0.25) is 0 Å². The highest BCUT2D eigenvalue weighted by Gasteiger charge is 2.06. The lowest BCUT2D eigenvalue weighted by molar-refractivity contribution is 0.652. The van der Waals surface area contributed by atoms with E-state index in [1.165, 1.54) is 11.9 Å². The molecule has 14 heavy (non-hydrogen) atoms. The number of furan rings is 1. The van der Waals surface area contributed by atoms with Gasteiger partial charge in [-0.25, -0.2) is 9.97 Å². The van der Waals surface area contributed by atoms with Crippen LogP contribution >= 0.6 is 0 Å². The number of aromatic nitrogens is 2. The molecular formula is C11H8N2O. The van der Waals surface area contributed by atoms with Crippen molar-refractivity contribution in [2.24, 2.45) is 0 Å². The van der Waals surface area contributed by atoms with Gasteiger partial charge in [0.25, 0.3) is 0 Å². The van der Waals surface area contributed by atoms with E-state index in [-0.39, 0.29) is 0 Å². The van der Waals surface area contributed by atoms with Crippen LogP contribution in [0.3, 0.4) is 0 Å². The van der Waals surface area contributed by atoms with Gasteiger partial charge in [0.1, 0.15) is 11.9 Å². The van der Waals surface area contributed by atoms with Gasteiger partial charge in [-0.3, -0.25) is 0 Å². The summed E-state index contributed by atoms with van der Waals surface area (Å²) in [4.78, 5) is 8.06. The molecule has 0 aliphatic heterocycles. The molecule has 0 aliphatic carbocycles. The van der Waals surface area contributed by atoms with Crippen molar-refractivity contribution in [1.29, 1.82) is 0 Å². The van der Waals surface area contributed by atoms with Gasteiger partial charge in [0.05, 0.1) is 5.39 Å². The summed E-state index contributed by atoms with van der Waals surface area (Å²) in [7, 11) is 0. The zero-order valence-corrected chi connectivity index (χ0v) is 7.69. The van der Waals surface area contributed by atoms with Gasteiger partial charge in [-0.1, -0.05) is 11.6 Å². The minimum Gasteiger partial charge on any atom is -0.438 e. The largest absolute Gasteiger partial charge is 0.438 e. The minimum atomic E-state index is 0.653. The van der Waals surface area contributed by atoms with Crippen molar-refractivity contribution in [2.75, 3.05) is 0 Å². The number of rotatable bonds is 0. The van der Waals surface area contributed by atoms with Crippen molar-refractivity contribution in [2.45, 2.75) is 6.92 Å². The summed E-state index contributed by atoms with van der Waals surface area (Å²) in [6, 6.07) is 6.08. The first-order chi connectivity index (χ1) is 6.84.